The molecule has 1 fully saturated rings. The summed E-state index contributed by atoms with van der Waals surface area (Å²) in [5.74, 6) is 0.872. The van der Waals surface area contributed by atoms with E-state index in [1.165, 1.54) is 0 Å². The quantitative estimate of drug-likeness (QED) is 0.865. The maximum Gasteiger partial charge on any atom is 0.237 e. The average Bonchev–Trinajstić information content (AvgIpc) is 2.92. The first-order chi connectivity index (χ1) is 9.11. The van der Waals surface area contributed by atoms with Crippen molar-refractivity contribution >= 4 is 34.2 Å². The van der Waals surface area contributed by atoms with E-state index in [2.05, 4.69) is 26.6 Å². The molecule has 1 amide bonds. The first kappa shape index (κ1) is 17.3. The van der Waals surface area contributed by atoms with Gasteiger partial charge in [-0.2, -0.15) is 0 Å². The second-order valence-electron chi connectivity index (χ2n) is 4.77. The Morgan fingerprint density at radius 2 is 2.30 bits per heavy atom. The Kier molecular flexibility index (Phi) is 6.79. The Labute approximate surface area is 134 Å². The topological polar surface area (TPSA) is 50.4 Å². The smallest absolute Gasteiger partial charge is 0.237 e. The molecule has 1 aliphatic rings. The highest BCUT2D eigenvalue weighted by molar-refractivity contribution is 9.10. The van der Waals surface area contributed by atoms with Crippen molar-refractivity contribution in [2.75, 3.05) is 13.7 Å². The summed E-state index contributed by atoms with van der Waals surface area (Å²) in [6.07, 6.45) is 1.99. The maximum atomic E-state index is 12.0. The molecule has 0 radical (unpaired) electrons. The third-order valence-electron chi connectivity index (χ3n) is 3.41. The Balaban J connectivity index is 0.00000200. The Hall–Kier alpha value is -0.780. The molecule has 1 aliphatic heterocycles. The predicted octanol–water partition coefficient (Wildman–Crippen LogP) is 2.81. The standard InChI is InChI=1S/C14H19BrN2O2.ClH/c1-9(17-14(18)12-4-3-7-16-12)10-5-6-13(19-2)11(15)8-10;/h5-6,8-9,12,16H,3-4,7H2,1-2H3,(H,17,18);1H. The van der Waals surface area contributed by atoms with Crippen LogP contribution in [0, 0.1) is 0 Å². The summed E-state index contributed by atoms with van der Waals surface area (Å²) < 4.78 is 6.09. The fourth-order valence-corrected chi connectivity index (χ4v) is 2.82. The molecular weight excluding hydrogens is 344 g/mol. The summed E-state index contributed by atoms with van der Waals surface area (Å²) in [6, 6.07) is 5.79. The van der Waals surface area contributed by atoms with Crippen molar-refractivity contribution in [3.05, 3.63) is 28.2 Å². The highest BCUT2D eigenvalue weighted by Crippen LogP contribution is 2.28. The molecule has 2 N–H and O–H groups in total. The number of hydrogen-bond acceptors (Lipinski definition) is 3. The van der Waals surface area contributed by atoms with Gasteiger partial charge < -0.3 is 15.4 Å². The van der Waals surface area contributed by atoms with E-state index in [9.17, 15) is 4.79 Å². The lowest BCUT2D eigenvalue weighted by atomic mass is 10.1. The zero-order chi connectivity index (χ0) is 13.8. The lowest BCUT2D eigenvalue weighted by molar-refractivity contribution is -0.123. The number of rotatable bonds is 4. The Morgan fingerprint density at radius 1 is 1.55 bits per heavy atom. The minimum atomic E-state index is -0.0378. The van der Waals surface area contributed by atoms with Crippen LogP contribution < -0.4 is 15.4 Å². The van der Waals surface area contributed by atoms with Gasteiger partial charge in [0.2, 0.25) is 5.91 Å². The van der Waals surface area contributed by atoms with Gasteiger partial charge in [0, 0.05) is 0 Å². The van der Waals surface area contributed by atoms with Crippen molar-refractivity contribution < 1.29 is 9.53 Å². The predicted molar refractivity (Wildman–Crippen MR) is 85.5 cm³/mol. The minimum Gasteiger partial charge on any atom is -0.496 e. The zero-order valence-electron chi connectivity index (χ0n) is 11.6. The Morgan fingerprint density at radius 3 is 2.85 bits per heavy atom. The second-order valence-corrected chi connectivity index (χ2v) is 5.63. The van der Waals surface area contributed by atoms with Gasteiger partial charge in [-0.15, -0.1) is 12.4 Å². The lowest BCUT2D eigenvalue weighted by Gasteiger charge is -2.18. The van der Waals surface area contributed by atoms with Crippen molar-refractivity contribution in [3.63, 3.8) is 0 Å². The highest BCUT2D eigenvalue weighted by atomic mass is 79.9. The van der Waals surface area contributed by atoms with E-state index in [0.717, 1.165) is 35.2 Å². The van der Waals surface area contributed by atoms with Crippen molar-refractivity contribution in [3.8, 4) is 5.75 Å². The number of hydrogen-bond donors (Lipinski definition) is 2. The number of benzene rings is 1. The van der Waals surface area contributed by atoms with Crippen LogP contribution in [-0.4, -0.2) is 25.6 Å². The molecule has 0 spiro atoms. The van der Waals surface area contributed by atoms with E-state index in [1.54, 1.807) is 7.11 Å². The molecule has 4 nitrogen and oxygen atoms in total. The number of methoxy groups -OCH3 is 1. The van der Waals surface area contributed by atoms with Crippen LogP contribution >= 0.6 is 28.3 Å². The van der Waals surface area contributed by atoms with Crippen molar-refractivity contribution in [1.29, 1.82) is 0 Å². The fraction of sp³-hybridized carbons (Fsp3) is 0.500. The van der Waals surface area contributed by atoms with Crippen molar-refractivity contribution in [1.82, 2.24) is 10.6 Å². The van der Waals surface area contributed by atoms with Crippen LogP contribution in [0.25, 0.3) is 0 Å². The summed E-state index contributed by atoms with van der Waals surface area (Å²) in [7, 11) is 1.64. The van der Waals surface area contributed by atoms with E-state index in [0.29, 0.717) is 0 Å². The number of halogens is 2. The summed E-state index contributed by atoms with van der Waals surface area (Å²) in [4.78, 5) is 12.0. The fourth-order valence-electron chi connectivity index (χ4n) is 2.26. The van der Waals surface area contributed by atoms with Gasteiger partial charge in [0.15, 0.2) is 0 Å². The summed E-state index contributed by atoms with van der Waals surface area (Å²) in [5.41, 5.74) is 1.05. The summed E-state index contributed by atoms with van der Waals surface area (Å²) in [6.45, 7) is 2.92. The third-order valence-corrected chi connectivity index (χ3v) is 4.03. The molecule has 1 heterocycles. The van der Waals surface area contributed by atoms with Crippen LogP contribution in [0.2, 0.25) is 0 Å². The molecule has 0 bridgehead atoms. The number of nitrogens with one attached hydrogen (secondary N) is 2. The van der Waals surface area contributed by atoms with Gasteiger partial charge in [-0.05, 0) is 59.9 Å². The van der Waals surface area contributed by atoms with E-state index < -0.39 is 0 Å². The first-order valence-electron chi connectivity index (χ1n) is 6.49. The van der Waals surface area contributed by atoms with E-state index in [4.69, 9.17) is 4.74 Å². The van der Waals surface area contributed by atoms with Crippen LogP contribution in [-0.2, 0) is 4.79 Å². The molecule has 1 saturated heterocycles. The maximum absolute atomic E-state index is 12.0. The molecule has 1 aromatic rings. The van der Waals surface area contributed by atoms with E-state index in [1.807, 2.05) is 25.1 Å². The van der Waals surface area contributed by atoms with Gasteiger partial charge in [-0.25, -0.2) is 0 Å². The van der Waals surface area contributed by atoms with Crippen LogP contribution in [0.5, 0.6) is 5.75 Å². The molecule has 0 aliphatic carbocycles. The zero-order valence-corrected chi connectivity index (χ0v) is 14.0. The summed E-state index contributed by atoms with van der Waals surface area (Å²) >= 11 is 3.46. The molecule has 0 aromatic heterocycles. The number of carbonyl (C=O) groups excluding carboxylic acids is 1. The molecule has 2 unspecified atom stereocenters. The van der Waals surface area contributed by atoms with Gasteiger partial charge in [0.25, 0.3) is 0 Å². The molecule has 20 heavy (non-hydrogen) atoms. The van der Waals surface area contributed by atoms with Crippen molar-refractivity contribution in [2.45, 2.75) is 31.8 Å². The number of amides is 1. The third kappa shape index (κ3) is 4.11. The second kappa shape index (κ2) is 7.86. The van der Waals surface area contributed by atoms with Gasteiger partial charge in [-0.1, -0.05) is 6.07 Å². The lowest BCUT2D eigenvalue weighted by Crippen LogP contribution is -2.41. The monoisotopic (exact) mass is 362 g/mol. The molecule has 6 heteroatoms. The first-order valence-corrected chi connectivity index (χ1v) is 7.28. The van der Waals surface area contributed by atoms with Crippen LogP contribution in [0.4, 0.5) is 0 Å². The number of ether oxygens (including phenoxy) is 1. The van der Waals surface area contributed by atoms with Crippen LogP contribution in [0.3, 0.4) is 0 Å². The molecular formula is C14H20BrClN2O2. The van der Waals surface area contributed by atoms with Crippen LogP contribution in [0.1, 0.15) is 31.4 Å². The highest BCUT2D eigenvalue weighted by Gasteiger charge is 2.23. The van der Waals surface area contributed by atoms with Gasteiger partial charge in [0.05, 0.1) is 23.7 Å². The largest absolute Gasteiger partial charge is 0.496 e. The molecule has 1 aromatic carbocycles. The summed E-state index contributed by atoms with van der Waals surface area (Å²) in [5, 5.41) is 6.24. The van der Waals surface area contributed by atoms with E-state index in [-0.39, 0.29) is 30.4 Å². The van der Waals surface area contributed by atoms with Gasteiger partial charge in [0.1, 0.15) is 5.75 Å². The SMILES string of the molecule is COc1ccc(C(C)NC(=O)C2CCCN2)cc1Br.Cl. The molecule has 0 saturated carbocycles. The average molecular weight is 364 g/mol. The van der Waals surface area contributed by atoms with E-state index >= 15 is 0 Å². The van der Waals surface area contributed by atoms with Crippen molar-refractivity contribution in [2.24, 2.45) is 0 Å². The van der Waals surface area contributed by atoms with Crippen LogP contribution in [0.15, 0.2) is 22.7 Å². The molecule has 2 rings (SSSR count). The molecule has 112 valence electrons. The van der Waals surface area contributed by atoms with Gasteiger partial charge in [-0.3, -0.25) is 4.79 Å². The normalized spacial score (nSPS) is 19.1. The Bertz CT molecular complexity index is 464. The minimum absolute atomic E-state index is 0. The molecule has 2 atom stereocenters. The number of carbonyl (C=O) groups is 1. The van der Waals surface area contributed by atoms with Gasteiger partial charge >= 0.3 is 0 Å².